The minimum absolute atomic E-state index is 0.216. The first-order chi connectivity index (χ1) is 60.4. The van der Waals surface area contributed by atoms with Gasteiger partial charge in [0.25, 0.3) is 0 Å². The summed E-state index contributed by atoms with van der Waals surface area (Å²) in [6, 6.07) is 72.2. The second kappa shape index (κ2) is 33.9. The molecule has 9 nitrogen and oxygen atoms in total. The van der Waals surface area contributed by atoms with Crippen molar-refractivity contribution >= 4 is 87.8 Å². The Morgan fingerprint density at radius 1 is 0.278 bits per heavy atom. The predicted octanol–water partition coefficient (Wildman–Crippen LogP) is 28.7. The van der Waals surface area contributed by atoms with Crippen LogP contribution in [0, 0.1) is 83.4 Å². The van der Waals surface area contributed by atoms with Crippen LogP contribution in [0.25, 0.3) is 177 Å². The second-order valence-electron chi connectivity index (χ2n) is 34.3. The first-order valence-corrected chi connectivity index (χ1v) is 42.5. The smallest absolute Gasteiger partial charge is 0.217 e. The van der Waals surface area contributed by atoms with Crippen molar-refractivity contribution in [3.05, 3.63) is 352 Å². The van der Waals surface area contributed by atoms with Crippen LogP contribution in [-0.2, 0) is 28.2 Å². The molecule has 628 valence electrons. The van der Waals surface area contributed by atoms with E-state index in [9.17, 15) is 22.0 Å². The Balaban J connectivity index is 0.000000119. The van der Waals surface area contributed by atoms with Gasteiger partial charge < -0.3 is 17.7 Å². The first kappa shape index (κ1) is 84.2. The van der Waals surface area contributed by atoms with Crippen LogP contribution in [-0.4, -0.2) is 4.98 Å². The van der Waals surface area contributed by atoms with Crippen molar-refractivity contribution in [1.29, 1.82) is 0 Å². The number of benzene rings is 11. The molecule has 20 rings (SSSR count). The zero-order chi connectivity index (χ0) is 88.7. The molecule has 126 heavy (non-hydrogen) atoms. The number of pyridine rings is 5. The van der Waals surface area contributed by atoms with E-state index in [1.165, 1.54) is 81.9 Å². The molecule has 0 amide bonds. The average molecular weight is 1680 g/mol. The number of halogens is 6. The SMILES string of the molecule is Cc1c[n+](C)c(-c2c(C)cc(F)c3c2oc2cc(F)ccc23)cc1-c1ccc(C(C)C)cc1.Cc1c[n+](C)c(-c2c(C)ccc3c2oc2cc(F)cc(F)c23)cc1-c1ccc(C(C)C)cc1.Cc1c[n+](C)c(-c2c(C)ccc3c2oc2cc(F)ccc23)cc1-c1ccc(C(C)C)cc1.Cc1ccc2c(oc3cc(F)ccc32)c1-c1cc(-c2ccccn2)cc[n+]1C. The van der Waals surface area contributed by atoms with E-state index in [4.69, 9.17) is 17.7 Å². The van der Waals surface area contributed by atoms with Crippen LogP contribution in [0.3, 0.4) is 0 Å². The third-order valence-electron chi connectivity index (χ3n) is 24.6. The number of aromatic nitrogens is 5. The van der Waals surface area contributed by atoms with Gasteiger partial charge in [-0.3, -0.25) is 4.98 Å². The lowest BCUT2D eigenvalue weighted by Gasteiger charge is -2.12. The summed E-state index contributed by atoms with van der Waals surface area (Å²) in [4.78, 5) is 4.47. The van der Waals surface area contributed by atoms with E-state index >= 15 is 4.39 Å². The second-order valence-corrected chi connectivity index (χ2v) is 34.3. The largest absolute Gasteiger partial charge is 0.455 e. The molecule has 9 heterocycles. The Morgan fingerprint density at radius 3 is 1.06 bits per heavy atom. The molecule has 11 aromatic carbocycles. The van der Waals surface area contributed by atoms with Gasteiger partial charge in [-0.1, -0.05) is 157 Å². The monoisotopic (exact) mass is 1680 g/mol. The summed E-state index contributed by atoms with van der Waals surface area (Å²) < 4.78 is 118. The number of aryl methyl sites for hydroxylation is 11. The van der Waals surface area contributed by atoms with Gasteiger partial charge in [-0.25, -0.2) is 44.6 Å². The number of nitrogens with zero attached hydrogens (tertiary/aromatic N) is 5. The normalized spacial score (nSPS) is 11.7. The highest BCUT2D eigenvalue weighted by molar-refractivity contribution is 6.13. The molecule has 9 aromatic heterocycles. The van der Waals surface area contributed by atoms with E-state index in [1.54, 1.807) is 24.4 Å². The molecule has 0 fully saturated rings. The van der Waals surface area contributed by atoms with Gasteiger partial charge in [0, 0.05) is 121 Å². The number of hydrogen-bond acceptors (Lipinski definition) is 5. The number of rotatable bonds is 11. The Morgan fingerprint density at radius 2 is 0.635 bits per heavy atom. The van der Waals surface area contributed by atoms with Crippen molar-refractivity contribution in [2.75, 3.05) is 0 Å². The van der Waals surface area contributed by atoms with Crippen molar-refractivity contribution in [3.8, 4) is 89.7 Å². The third kappa shape index (κ3) is 15.9. The van der Waals surface area contributed by atoms with E-state index in [0.717, 1.165) is 151 Å². The highest BCUT2D eigenvalue weighted by Gasteiger charge is 2.30. The summed E-state index contributed by atoms with van der Waals surface area (Å²) in [6.07, 6.45) is 10.2. The molecule has 0 aliphatic heterocycles. The van der Waals surface area contributed by atoms with E-state index < -0.39 is 17.5 Å². The van der Waals surface area contributed by atoms with Crippen LogP contribution >= 0.6 is 0 Å². The molecule has 0 spiro atoms. The van der Waals surface area contributed by atoms with Gasteiger partial charge in [0.15, 0.2) is 30.4 Å². The van der Waals surface area contributed by atoms with Crippen LogP contribution in [0.1, 0.15) is 115 Å². The molecule has 15 heteroatoms. The quantitative estimate of drug-likeness (QED) is 0.0952. The van der Waals surface area contributed by atoms with Crippen LogP contribution in [0.15, 0.2) is 279 Å². The van der Waals surface area contributed by atoms with Crippen molar-refractivity contribution in [3.63, 3.8) is 0 Å². The summed E-state index contributed by atoms with van der Waals surface area (Å²) in [5.41, 5.74) is 32.2. The number of furan rings is 4. The fourth-order valence-corrected chi connectivity index (χ4v) is 17.8. The van der Waals surface area contributed by atoms with Crippen molar-refractivity contribution in [2.24, 2.45) is 28.2 Å². The minimum Gasteiger partial charge on any atom is -0.455 e. The van der Waals surface area contributed by atoms with Crippen LogP contribution in [0.4, 0.5) is 26.3 Å². The van der Waals surface area contributed by atoms with Gasteiger partial charge in [-0.05, 0) is 193 Å². The molecular weight excluding hydrogens is 1580 g/mol. The summed E-state index contributed by atoms with van der Waals surface area (Å²) >= 11 is 0. The Labute approximate surface area is 728 Å². The summed E-state index contributed by atoms with van der Waals surface area (Å²) in [5, 5.41) is 5.75. The molecule has 0 atom stereocenters. The van der Waals surface area contributed by atoms with Gasteiger partial charge in [0.2, 0.25) is 22.8 Å². The lowest BCUT2D eigenvalue weighted by atomic mass is 9.94. The average Bonchev–Trinajstić information content (AvgIpc) is 1.58. The fraction of sp³-hybridized carbons (Fsp3) is 0.180. The van der Waals surface area contributed by atoms with Gasteiger partial charge >= 0.3 is 0 Å². The van der Waals surface area contributed by atoms with E-state index in [-0.39, 0.29) is 23.0 Å². The standard InChI is InChI=1S/2C29H26F2NO.C29H27FNO.C24H18FN2O/c1-16(2)19-7-9-20(10-8-19)23-14-25(32(5)15-18(23)4)27-17(3)6-11-22-28-24(31)12-21(30)13-26(28)33-29(22)27;1-16(2)19-6-8-20(9-7-19)23-14-25(32(5)15-18(23)4)27-17(3)12-24(31)28-22-11-10-21(30)13-26(22)33-29(27)28;1-17(2)20-7-9-21(10-8-20)25-15-26(31(5)16-19(25)4)28-18(3)6-12-24-23-13-11-22(30)14-27(23)32-29(24)28;1-15-6-8-19-18-9-7-17(25)14-22(18)28-24(19)23(15)21-13-16(10-12-27(21)2)20-5-3-4-11-26-20/h2*6-16H,1-5H3;6-17H,1-5H3;3-14H,1-2H3/q4*+1. The van der Waals surface area contributed by atoms with Crippen LogP contribution < -0.4 is 18.3 Å². The lowest BCUT2D eigenvalue weighted by molar-refractivity contribution is -0.660. The van der Waals surface area contributed by atoms with Crippen molar-refractivity contribution < 1.29 is 62.3 Å². The Bertz CT molecular complexity index is 7690. The summed E-state index contributed by atoms with van der Waals surface area (Å²) in [6.45, 7) is 27.5. The molecule has 0 bridgehead atoms. The molecule has 20 aromatic rings. The number of fused-ring (bicyclic) bond motifs is 12. The molecule has 0 radical (unpaired) electrons. The van der Waals surface area contributed by atoms with E-state index in [0.29, 0.717) is 67.2 Å². The zero-order valence-corrected chi connectivity index (χ0v) is 73.7. The molecule has 0 aliphatic carbocycles. The molecule has 0 unspecified atom stereocenters. The van der Waals surface area contributed by atoms with E-state index in [1.807, 2.05) is 82.2 Å². The zero-order valence-electron chi connectivity index (χ0n) is 73.7. The van der Waals surface area contributed by atoms with Gasteiger partial charge in [0.05, 0.1) is 38.7 Å². The molecule has 0 saturated carbocycles. The summed E-state index contributed by atoms with van der Waals surface area (Å²) in [5.74, 6) is -1.17. The molecular formula is C111H97F6N5O4+4. The summed E-state index contributed by atoms with van der Waals surface area (Å²) in [7, 11) is 8.05. The molecule has 0 N–H and O–H groups in total. The van der Waals surface area contributed by atoms with Crippen molar-refractivity contribution in [2.45, 2.75) is 108 Å². The third-order valence-corrected chi connectivity index (χ3v) is 24.6. The van der Waals surface area contributed by atoms with Gasteiger partial charge in [-0.2, -0.15) is 0 Å². The minimum atomic E-state index is -0.648. The van der Waals surface area contributed by atoms with Gasteiger partial charge in [-0.15, -0.1) is 0 Å². The molecule has 0 aliphatic rings. The maximum atomic E-state index is 15.1. The van der Waals surface area contributed by atoms with E-state index in [2.05, 4.69) is 242 Å². The van der Waals surface area contributed by atoms with Crippen LogP contribution in [0.2, 0.25) is 0 Å². The van der Waals surface area contributed by atoms with Gasteiger partial charge in [0.1, 0.15) is 102 Å². The van der Waals surface area contributed by atoms with Crippen LogP contribution in [0.5, 0.6) is 0 Å². The topological polar surface area (TPSA) is 81.0 Å². The highest BCUT2D eigenvalue weighted by Crippen LogP contribution is 2.45. The Kier molecular flexibility index (Phi) is 22.6. The number of hydrogen-bond donors (Lipinski definition) is 0. The predicted molar refractivity (Wildman–Crippen MR) is 496 cm³/mol. The maximum absolute atomic E-state index is 15.1. The van der Waals surface area contributed by atoms with Crippen molar-refractivity contribution in [1.82, 2.24) is 4.98 Å². The maximum Gasteiger partial charge on any atom is 0.217 e. The highest BCUT2D eigenvalue weighted by atomic mass is 19.1. The molecule has 0 saturated heterocycles. The Hall–Kier alpha value is -14.1. The first-order valence-electron chi connectivity index (χ1n) is 42.5. The lowest BCUT2D eigenvalue weighted by Crippen LogP contribution is -2.31. The fourth-order valence-electron chi connectivity index (χ4n) is 17.8.